The molecule has 0 aliphatic heterocycles. The molecule has 2 aromatic rings. The van der Waals surface area contributed by atoms with Gasteiger partial charge in [-0.1, -0.05) is 19.3 Å². The Kier molecular flexibility index (Phi) is 5.45. The standard InChI is InChI=1S/C17H21N5O4/c1-11-14(15-18-8-5-9-22(15)21-11)16(24)26-10-13(23)20-17(25)19-12-6-3-2-4-7-12/h5,8-9,12H,2-4,6-7,10H2,1H3,(H2,19,20,23,25). The quantitative estimate of drug-likeness (QED) is 0.797. The third kappa shape index (κ3) is 4.16. The summed E-state index contributed by atoms with van der Waals surface area (Å²) in [6.45, 7) is 1.10. The number of hydrogen-bond donors (Lipinski definition) is 2. The second-order valence-electron chi connectivity index (χ2n) is 6.28. The summed E-state index contributed by atoms with van der Waals surface area (Å²) in [6, 6.07) is 1.21. The van der Waals surface area contributed by atoms with Gasteiger partial charge in [0.15, 0.2) is 12.3 Å². The number of carbonyl (C=O) groups excluding carboxylic acids is 3. The third-order valence-electron chi connectivity index (χ3n) is 4.30. The van der Waals surface area contributed by atoms with Gasteiger partial charge in [0.2, 0.25) is 0 Å². The molecule has 1 fully saturated rings. The number of nitrogens with zero attached hydrogens (tertiary/aromatic N) is 3. The van der Waals surface area contributed by atoms with Crippen molar-refractivity contribution in [2.75, 3.05) is 6.61 Å². The van der Waals surface area contributed by atoms with Crippen molar-refractivity contribution in [3.63, 3.8) is 0 Å². The molecule has 26 heavy (non-hydrogen) atoms. The lowest BCUT2D eigenvalue weighted by Crippen LogP contribution is -2.46. The van der Waals surface area contributed by atoms with Gasteiger partial charge in [-0.3, -0.25) is 10.1 Å². The highest BCUT2D eigenvalue weighted by Crippen LogP contribution is 2.17. The minimum atomic E-state index is -0.709. The van der Waals surface area contributed by atoms with Gasteiger partial charge in [-0.2, -0.15) is 5.10 Å². The van der Waals surface area contributed by atoms with Gasteiger partial charge in [0, 0.05) is 18.4 Å². The Morgan fingerprint density at radius 3 is 2.81 bits per heavy atom. The van der Waals surface area contributed by atoms with Gasteiger partial charge < -0.3 is 10.1 Å². The lowest BCUT2D eigenvalue weighted by Gasteiger charge is -2.22. The number of amides is 3. The molecule has 138 valence electrons. The molecule has 9 heteroatoms. The van der Waals surface area contributed by atoms with Crippen molar-refractivity contribution in [3.05, 3.63) is 29.7 Å². The zero-order valence-electron chi connectivity index (χ0n) is 14.5. The zero-order valence-corrected chi connectivity index (χ0v) is 14.5. The van der Waals surface area contributed by atoms with Gasteiger partial charge in [0.1, 0.15) is 5.56 Å². The van der Waals surface area contributed by atoms with Crippen LogP contribution in [0.5, 0.6) is 0 Å². The number of ether oxygens (including phenoxy) is 1. The number of aromatic nitrogens is 3. The molecule has 3 amide bonds. The van der Waals surface area contributed by atoms with Gasteiger partial charge in [-0.05, 0) is 25.8 Å². The summed E-state index contributed by atoms with van der Waals surface area (Å²) in [7, 11) is 0. The number of imide groups is 1. The van der Waals surface area contributed by atoms with Crippen LogP contribution in [-0.2, 0) is 9.53 Å². The summed E-state index contributed by atoms with van der Waals surface area (Å²) < 4.78 is 6.47. The molecule has 9 nitrogen and oxygen atoms in total. The van der Waals surface area contributed by atoms with Crippen molar-refractivity contribution in [3.8, 4) is 0 Å². The molecule has 3 rings (SSSR count). The number of urea groups is 1. The van der Waals surface area contributed by atoms with Crippen LogP contribution in [0.4, 0.5) is 4.79 Å². The molecule has 0 atom stereocenters. The van der Waals surface area contributed by atoms with E-state index in [1.165, 1.54) is 17.1 Å². The Bertz CT molecular complexity index is 826. The fraction of sp³-hybridized carbons (Fsp3) is 0.471. The van der Waals surface area contributed by atoms with Crippen LogP contribution in [0.2, 0.25) is 0 Å². The molecule has 0 bridgehead atoms. The number of carbonyl (C=O) groups is 3. The van der Waals surface area contributed by atoms with Crippen molar-refractivity contribution in [2.45, 2.75) is 45.1 Å². The lowest BCUT2D eigenvalue weighted by molar-refractivity contribution is -0.123. The van der Waals surface area contributed by atoms with E-state index in [4.69, 9.17) is 4.74 Å². The van der Waals surface area contributed by atoms with E-state index >= 15 is 0 Å². The molecule has 0 saturated heterocycles. The largest absolute Gasteiger partial charge is 0.452 e. The molecule has 2 aromatic heterocycles. The average Bonchev–Trinajstić information content (AvgIpc) is 2.96. The van der Waals surface area contributed by atoms with E-state index in [0.717, 1.165) is 25.7 Å². The normalized spacial score (nSPS) is 14.8. The van der Waals surface area contributed by atoms with E-state index in [-0.39, 0.29) is 11.6 Å². The van der Waals surface area contributed by atoms with Crippen LogP contribution in [0.15, 0.2) is 18.5 Å². The van der Waals surface area contributed by atoms with Crippen molar-refractivity contribution >= 4 is 23.6 Å². The third-order valence-corrected chi connectivity index (χ3v) is 4.30. The van der Waals surface area contributed by atoms with Crippen LogP contribution in [0.1, 0.15) is 48.2 Å². The van der Waals surface area contributed by atoms with Crippen molar-refractivity contribution in [1.82, 2.24) is 25.2 Å². The van der Waals surface area contributed by atoms with Gasteiger partial charge in [0.25, 0.3) is 5.91 Å². The second-order valence-corrected chi connectivity index (χ2v) is 6.28. The average molecular weight is 359 g/mol. The van der Waals surface area contributed by atoms with Crippen molar-refractivity contribution < 1.29 is 19.1 Å². The van der Waals surface area contributed by atoms with Crippen molar-refractivity contribution in [1.29, 1.82) is 0 Å². The van der Waals surface area contributed by atoms with E-state index in [1.807, 2.05) is 0 Å². The predicted molar refractivity (Wildman–Crippen MR) is 91.6 cm³/mol. The van der Waals surface area contributed by atoms with Gasteiger partial charge in [-0.25, -0.2) is 19.1 Å². The maximum atomic E-state index is 12.3. The Balaban J connectivity index is 1.51. The Labute approximate surface area is 150 Å². The van der Waals surface area contributed by atoms with Crippen LogP contribution in [0.3, 0.4) is 0 Å². The maximum Gasteiger partial charge on any atom is 0.344 e. The zero-order chi connectivity index (χ0) is 18.5. The molecule has 2 N–H and O–H groups in total. The molecule has 1 aliphatic rings. The number of aryl methyl sites for hydroxylation is 1. The van der Waals surface area contributed by atoms with E-state index in [2.05, 4.69) is 20.7 Å². The molecule has 1 saturated carbocycles. The number of rotatable bonds is 4. The van der Waals surface area contributed by atoms with Crippen LogP contribution >= 0.6 is 0 Å². The topological polar surface area (TPSA) is 115 Å². The van der Waals surface area contributed by atoms with Gasteiger partial charge in [0.05, 0.1) is 5.69 Å². The van der Waals surface area contributed by atoms with Crippen LogP contribution in [0.25, 0.3) is 5.65 Å². The molecule has 0 spiro atoms. The summed E-state index contributed by atoms with van der Waals surface area (Å²) in [5, 5.41) is 9.10. The number of nitrogens with one attached hydrogen (secondary N) is 2. The number of hydrogen-bond acceptors (Lipinski definition) is 6. The smallest absolute Gasteiger partial charge is 0.344 e. The maximum absolute atomic E-state index is 12.3. The first kappa shape index (κ1) is 17.8. The Morgan fingerprint density at radius 1 is 1.27 bits per heavy atom. The number of esters is 1. The molecule has 0 unspecified atom stereocenters. The highest BCUT2D eigenvalue weighted by molar-refractivity contribution is 5.99. The summed E-state index contributed by atoms with van der Waals surface area (Å²) in [5.74, 6) is -1.40. The van der Waals surface area contributed by atoms with Crippen molar-refractivity contribution in [2.24, 2.45) is 0 Å². The summed E-state index contributed by atoms with van der Waals surface area (Å²) >= 11 is 0. The Morgan fingerprint density at radius 2 is 2.04 bits per heavy atom. The minimum Gasteiger partial charge on any atom is -0.452 e. The molecular formula is C17H21N5O4. The van der Waals surface area contributed by atoms with Crippen LogP contribution in [0, 0.1) is 6.92 Å². The lowest BCUT2D eigenvalue weighted by atomic mass is 9.96. The molecule has 1 aliphatic carbocycles. The first-order valence-corrected chi connectivity index (χ1v) is 8.62. The first-order valence-electron chi connectivity index (χ1n) is 8.62. The summed E-state index contributed by atoms with van der Waals surface area (Å²) in [4.78, 5) is 40.0. The fourth-order valence-electron chi connectivity index (χ4n) is 3.07. The van der Waals surface area contributed by atoms with E-state index in [0.29, 0.717) is 11.3 Å². The van der Waals surface area contributed by atoms with Gasteiger partial charge >= 0.3 is 12.0 Å². The fourth-order valence-corrected chi connectivity index (χ4v) is 3.07. The summed E-state index contributed by atoms with van der Waals surface area (Å²) in [6.07, 6.45) is 8.35. The molecule has 0 radical (unpaired) electrons. The van der Waals surface area contributed by atoms with Crippen LogP contribution in [-0.4, -0.2) is 45.2 Å². The predicted octanol–water partition coefficient (Wildman–Crippen LogP) is 1.35. The second kappa shape index (κ2) is 7.94. The van der Waals surface area contributed by atoms with E-state index in [1.54, 1.807) is 19.2 Å². The SMILES string of the molecule is Cc1nn2cccnc2c1C(=O)OCC(=O)NC(=O)NC1CCCCC1. The minimum absolute atomic E-state index is 0.0895. The molecular weight excluding hydrogens is 338 g/mol. The highest BCUT2D eigenvalue weighted by Gasteiger charge is 2.21. The molecule has 2 heterocycles. The van der Waals surface area contributed by atoms with Crippen LogP contribution < -0.4 is 10.6 Å². The van der Waals surface area contributed by atoms with E-state index < -0.39 is 24.5 Å². The van der Waals surface area contributed by atoms with Gasteiger partial charge in [-0.15, -0.1) is 0 Å². The summed E-state index contributed by atoms with van der Waals surface area (Å²) in [5.41, 5.74) is 1.000. The van der Waals surface area contributed by atoms with E-state index in [9.17, 15) is 14.4 Å². The first-order chi connectivity index (χ1) is 12.5. The monoisotopic (exact) mass is 359 g/mol. The molecule has 0 aromatic carbocycles. The highest BCUT2D eigenvalue weighted by atomic mass is 16.5. The Hall–Kier alpha value is -2.97. The number of fused-ring (bicyclic) bond motifs is 1.